The van der Waals surface area contributed by atoms with Crippen LogP contribution in [0.4, 0.5) is 0 Å². The van der Waals surface area contributed by atoms with E-state index in [1.807, 2.05) is 0 Å². The Bertz CT molecular complexity index is 960. The van der Waals surface area contributed by atoms with E-state index in [-0.39, 0.29) is 51.9 Å². The van der Waals surface area contributed by atoms with Crippen molar-refractivity contribution < 1.29 is 33.8 Å². The summed E-state index contributed by atoms with van der Waals surface area (Å²) in [6.07, 6.45) is 0.977. The van der Waals surface area contributed by atoms with E-state index in [9.17, 15) is 24.6 Å². The van der Waals surface area contributed by atoms with Gasteiger partial charge in [0.05, 0.1) is 11.8 Å². The Kier molecular flexibility index (Phi) is 5.20. The third-order valence-electron chi connectivity index (χ3n) is 3.94. The van der Waals surface area contributed by atoms with Crippen LogP contribution in [0.15, 0.2) is 16.3 Å². The monoisotopic (exact) mass is 360 g/mol. The molecule has 1 aromatic heterocycles. The van der Waals surface area contributed by atoms with Gasteiger partial charge >= 0.3 is 5.97 Å². The van der Waals surface area contributed by atoms with Crippen LogP contribution in [0.3, 0.4) is 0 Å². The Balaban J connectivity index is 2.83. The second kappa shape index (κ2) is 7.03. The van der Waals surface area contributed by atoms with Gasteiger partial charge < -0.3 is 19.4 Å². The summed E-state index contributed by atoms with van der Waals surface area (Å²) in [4.78, 5) is 34.6. The summed E-state index contributed by atoms with van der Waals surface area (Å²) >= 11 is 0. The van der Waals surface area contributed by atoms with Gasteiger partial charge in [0.1, 0.15) is 28.6 Å². The Hall–Kier alpha value is -3.09. The number of hydrogen-bond donors (Lipinski definition) is 2. The minimum Gasteiger partial charge on any atom is -0.512 e. The number of aryl methyl sites for hydroxylation is 1. The number of hydrogen-bond acceptors (Lipinski definition) is 7. The zero-order chi connectivity index (χ0) is 19.8. The first-order valence-corrected chi connectivity index (χ1v) is 7.91. The number of benzene rings is 1. The number of ketones is 2. The summed E-state index contributed by atoms with van der Waals surface area (Å²) in [7, 11) is 0. The number of phenolic OH excluding ortho intramolecular Hbond substituents is 1. The van der Waals surface area contributed by atoms with Gasteiger partial charge in [0.15, 0.2) is 17.1 Å². The zero-order valence-corrected chi connectivity index (χ0v) is 15.2. The fraction of sp³-hybridized carbons (Fsp3) is 0.316. The van der Waals surface area contributed by atoms with Gasteiger partial charge in [-0.25, -0.2) is 0 Å². The Labute approximate surface area is 149 Å². The standard InChI is InChI=1S/C19H20O7/c1-8(20)6-13(23)7-14-9(2)15-18(25-12(5)22)10(3)17(24)16(11(4)21)19(15)26-14/h6,23-24H,7H2,1-5H3/b13-6-. The number of ether oxygens (including phenoxy) is 1. The average Bonchev–Trinajstić information content (AvgIpc) is 2.79. The second-order valence-corrected chi connectivity index (χ2v) is 6.11. The summed E-state index contributed by atoms with van der Waals surface area (Å²) in [6, 6.07) is 0. The van der Waals surface area contributed by atoms with Crippen LogP contribution in [0.25, 0.3) is 11.0 Å². The predicted octanol–water partition coefficient (Wildman–Crippen LogP) is 3.46. The van der Waals surface area contributed by atoms with Crippen LogP contribution >= 0.6 is 0 Å². The molecule has 0 aliphatic rings. The number of furan rings is 1. The summed E-state index contributed by atoms with van der Waals surface area (Å²) in [6.45, 7) is 7.01. The fourth-order valence-electron chi connectivity index (χ4n) is 2.82. The van der Waals surface area contributed by atoms with Crippen molar-refractivity contribution in [1.82, 2.24) is 0 Å². The lowest BCUT2D eigenvalue weighted by molar-refractivity contribution is -0.131. The van der Waals surface area contributed by atoms with Crippen molar-refractivity contribution in [2.75, 3.05) is 0 Å². The van der Waals surface area contributed by atoms with Crippen LogP contribution in [0.2, 0.25) is 0 Å². The van der Waals surface area contributed by atoms with E-state index >= 15 is 0 Å². The topological polar surface area (TPSA) is 114 Å². The van der Waals surface area contributed by atoms with E-state index in [0.717, 1.165) is 6.08 Å². The van der Waals surface area contributed by atoms with E-state index in [0.29, 0.717) is 10.9 Å². The third-order valence-corrected chi connectivity index (χ3v) is 3.94. The van der Waals surface area contributed by atoms with Crippen molar-refractivity contribution in [3.05, 3.63) is 34.3 Å². The van der Waals surface area contributed by atoms with Crippen LogP contribution in [-0.4, -0.2) is 27.7 Å². The van der Waals surface area contributed by atoms with Gasteiger partial charge in [0.2, 0.25) is 0 Å². The number of esters is 1. The number of carbonyl (C=O) groups is 3. The van der Waals surface area contributed by atoms with Gasteiger partial charge in [-0.2, -0.15) is 0 Å². The molecule has 1 aromatic carbocycles. The lowest BCUT2D eigenvalue weighted by Gasteiger charge is -2.12. The van der Waals surface area contributed by atoms with Crippen molar-refractivity contribution in [2.45, 2.75) is 41.0 Å². The molecule has 138 valence electrons. The van der Waals surface area contributed by atoms with Gasteiger partial charge in [-0.3, -0.25) is 14.4 Å². The molecule has 0 atom stereocenters. The largest absolute Gasteiger partial charge is 0.512 e. The molecule has 0 fully saturated rings. The van der Waals surface area contributed by atoms with Crippen molar-refractivity contribution >= 4 is 28.5 Å². The van der Waals surface area contributed by atoms with Gasteiger partial charge in [-0.1, -0.05) is 0 Å². The highest BCUT2D eigenvalue weighted by molar-refractivity contribution is 6.11. The van der Waals surface area contributed by atoms with E-state index in [4.69, 9.17) is 9.15 Å². The van der Waals surface area contributed by atoms with Crippen molar-refractivity contribution in [2.24, 2.45) is 0 Å². The quantitative estimate of drug-likeness (QED) is 0.276. The molecule has 2 N–H and O–H groups in total. The highest BCUT2D eigenvalue weighted by Crippen LogP contribution is 2.44. The highest BCUT2D eigenvalue weighted by atomic mass is 16.5. The maximum absolute atomic E-state index is 12.0. The summed E-state index contributed by atoms with van der Waals surface area (Å²) in [5, 5.41) is 20.7. The van der Waals surface area contributed by atoms with Crippen molar-refractivity contribution in [3.8, 4) is 11.5 Å². The number of aromatic hydroxyl groups is 1. The Morgan fingerprint density at radius 2 is 1.73 bits per heavy atom. The molecule has 0 aliphatic heterocycles. The average molecular weight is 360 g/mol. The molecule has 0 unspecified atom stereocenters. The van der Waals surface area contributed by atoms with Crippen molar-refractivity contribution in [3.63, 3.8) is 0 Å². The number of aliphatic hydroxyl groups is 1. The SMILES string of the molecule is CC(=O)/C=C(\O)Cc1oc2c(C(C)=O)c(O)c(C)c(OC(C)=O)c2c1C. The van der Waals surface area contributed by atoms with Crippen LogP contribution in [-0.2, 0) is 16.0 Å². The lowest BCUT2D eigenvalue weighted by atomic mass is 9.99. The van der Waals surface area contributed by atoms with E-state index in [1.54, 1.807) is 6.92 Å². The Morgan fingerprint density at radius 3 is 2.23 bits per heavy atom. The zero-order valence-electron chi connectivity index (χ0n) is 15.2. The maximum Gasteiger partial charge on any atom is 0.308 e. The predicted molar refractivity (Wildman–Crippen MR) is 93.8 cm³/mol. The molecule has 0 amide bonds. The molecule has 1 heterocycles. The first-order valence-electron chi connectivity index (χ1n) is 7.91. The molecular weight excluding hydrogens is 340 g/mol. The number of Topliss-reactive ketones (excluding diaryl/α,β-unsaturated/α-hetero) is 1. The van der Waals surface area contributed by atoms with E-state index in [2.05, 4.69) is 0 Å². The molecule has 0 radical (unpaired) electrons. The first kappa shape index (κ1) is 19.2. The van der Waals surface area contributed by atoms with Crippen LogP contribution < -0.4 is 4.74 Å². The molecular formula is C19H20O7. The van der Waals surface area contributed by atoms with Crippen molar-refractivity contribution in [1.29, 1.82) is 0 Å². The number of carbonyl (C=O) groups excluding carboxylic acids is 3. The normalized spacial score (nSPS) is 11.7. The molecule has 26 heavy (non-hydrogen) atoms. The van der Waals surface area contributed by atoms with Crippen LogP contribution in [0.5, 0.6) is 11.5 Å². The van der Waals surface area contributed by atoms with Crippen LogP contribution in [0, 0.1) is 13.8 Å². The maximum atomic E-state index is 12.0. The molecule has 2 rings (SSSR count). The third kappa shape index (κ3) is 3.46. The number of aliphatic hydroxyl groups excluding tert-OH is 1. The summed E-state index contributed by atoms with van der Waals surface area (Å²) in [5.74, 6) is -1.49. The number of rotatable bonds is 5. The van der Waals surface area contributed by atoms with Gasteiger partial charge in [-0.15, -0.1) is 0 Å². The van der Waals surface area contributed by atoms with Crippen LogP contribution in [0.1, 0.15) is 48.0 Å². The molecule has 7 heteroatoms. The minimum absolute atomic E-state index is 0.0298. The highest BCUT2D eigenvalue weighted by Gasteiger charge is 2.27. The molecule has 0 saturated heterocycles. The molecule has 2 aromatic rings. The smallest absolute Gasteiger partial charge is 0.308 e. The molecule has 7 nitrogen and oxygen atoms in total. The molecule has 0 spiro atoms. The molecule has 0 aliphatic carbocycles. The second-order valence-electron chi connectivity index (χ2n) is 6.11. The van der Waals surface area contributed by atoms with E-state index in [1.165, 1.54) is 27.7 Å². The molecule has 0 saturated carbocycles. The first-order chi connectivity index (χ1) is 12.0. The van der Waals surface area contributed by atoms with E-state index < -0.39 is 11.8 Å². The summed E-state index contributed by atoms with van der Waals surface area (Å²) in [5.41, 5.74) is 0.806. The van der Waals surface area contributed by atoms with Gasteiger partial charge in [-0.05, 0) is 27.7 Å². The number of fused-ring (bicyclic) bond motifs is 1. The van der Waals surface area contributed by atoms with Gasteiger partial charge in [0.25, 0.3) is 0 Å². The van der Waals surface area contributed by atoms with Gasteiger partial charge in [0, 0.05) is 24.1 Å². The summed E-state index contributed by atoms with van der Waals surface area (Å²) < 4.78 is 11.0. The lowest BCUT2D eigenvalue weighted by Crippen LogP contribution is -2.05. The fourth-order valence-corrected chi connectivity index (χ4v) is 2.82. The Morgan fingerprint density at radius 1 is 1.12 bits per heavy atom. The number of phenols is 1. The molecule has 0 bridgehead atoms. The number of allylic oxidation sites excluding steroid dienone is 2. The minimum atomic E-state index is -0.592.